The van der Waals surface area contributed by atoms with Gasteiger partial charge in [0.1, 0.15) is 0 Å². The Bertz CT molecular complexity index is 2230. The van der Waals surface area contributed by atoms with Crippen LogP contribution in [0.25, 0.3) is 0 Å². The quantitative estimate of drug-likeness (QED) is 0.244. The van der Waals surface area contributed by atoms with Crippen molar-refractivity contribution in [2.45, 2.75) is 5.41 Å². The van der Waals surface area contributed by atoms with Gasteiger partial charge in [-0.05, 0) is 45.3 Å². The van der Waals surface area contributed by atoms with Crippen molar-refractivity contribution in [1.82, 2.24) is 0 Å². The molecule has 0 unspecified atom stereocenters. The van der Waals surface area contributed by atoms with E-state index in [1.807, 2.05) is 0 Å². The van der Waals surface area contributed by atoms with Gasteiger partial charge < -0.3 is 4.90 Å². The van der Waals surface area contributed by atoms with Crippen molar-refractivity contribution in [3.63, 3.8) is 0 Å². The largest absolute Gasteiger partial charge is 0.311 e. The zero-order valence-electron chi connectivity index (χ0n) is 25.3. The molecule has 3 aliphatic rings. The SMILES string of the molecule is c1ccc(B2c3ccccc3C3(c4ccccc42)c2ccccc2N2c4ccccc4B(c4ccccc4)c4cccc3c42)cc1. The molecule has 0 amide bonds. The molecule has 3 heterocycles. The Morgan fingerprint density at radius 3 is 1.39 bits per heavy atom. The van der Waals surface area contributed by atoms with Crippen LogP contribution in [0.2, 0.25) is 0 Å². The highest BCUT2D eigenvalue weighted by atomic mass is 15.2. The average Bonchev–Trinajstić information content (AvgIpc) is 3.13. The zero-order valence-corrected chi connectivity index (χ0v) is 25.3. The highest BCUT2D eigenvalue weighted by Gasteiger charge is 2.54. The molecule has 0 atom stereocenters. The van der Waals surface area contributed by atoms with Gasteiger partial charge in [0, 0.05) is 11.4 Å². The summed E-state index contributed by atoms with van der Waals surface area (Å²) in [6, 6.07) is 65.8. The molecule has 0 aromatic heterocycles. The summed E-state index contributed by atoms with van der Waals surface area (Å²) < 4.78 is 0. The first-order valence-electron chi connectivity index (χ1n) is 16.3. The first-order valence-corrected chi connectivity index (χ1v) is 16.3. The first kappa shape index (κ1) is 25.8. The number of anilines is 3. The normalized spacial score (nSPS) is 14.6. The lowest BCUT2D eigenvalue weighted by atomic mass is 9.30. The molecule has 7 aromatic carbocycles. The lowest BCUT2D eigenvalue weighted by molar-refractivity contribution is 0.737. The Labute approximate surface area is 271 Å². The number of hydrogen-bond donors (Lipinski definition) is 0. The number of para-hydroxylation sites is 3. The first-order chi connectivity index (χ1) is 22.9. The van der Waals surface area contributed by atoms with E-state index in [1.165, 1.54) is 72.1 Å². The fourth-order valence-electron chi connectivity index (χ4n) is 9.03. The molecule has 0 saturated heterocycles. The molecule has 212 valence electrons. The number of benzene rings is 7. The molecule has 1 spiro atoms. The van der Waals surface area contributed by atoms with Crippen molar-refractivity contribution in [3.05, 3.63) is 198 Å². The van der Waals surface area contributed by atoms with Crippen LogP contribution in [0.5, 0.6) is 0 Å². The molecule has 0 radical (unpaired) electrons. The van der Waals surface area contributed by atoms with Crippen LogP contribution in [-0.4, -0.2) is 13.4 Å². The van der Waals surface area contributed by atoms with Crippen LogP contribution in [-0.2, 0) is 5.41 Å². The summed E-state index contributed by atoms with van der Waals surface area (Å²) in [4.78, 5) is 2.56. The summed E-state index contributed by atoms with van der Waals surface area (Å²) in [7, 11) is 0. The third kappa shape index (κ3) is 3.27. The van der Waals surface area contributed by atoms with Crippen molar-refractivity contribution >= 4 is 63.3 Å². The van der Waals surface area contributed by atoms with E-state index < -0.39 is 5.41 Å². The lowest BCUT2D eigenvalue weighted by Crippen LogP contribution is -2.64. The second kappa shape index (κ2) is 9.73. The third-order valence-electron chi connectivity index (χ3n) is 10.7. The van der Waals surface area contributed by atoms with E-state index >= 15 is 0 Å². The van der Waals surface area contributed by atoms with Gasteiger partial charge in [-0.3, -0.25) is 0 Å². The maximum atomic E-state index is 2.56. The van der Waals surface area contributed by atoms with E-state index in [1.54, 1.807) is 0 Å². The minimum Gasteiger partial charge on any atom is -0.311 e. The number of hydrogen-bond acceptors (Lipinski definition) is 1. The maximum Gasteiger partial charge on any atom is 0.246 e. The van der Waals surface area contributed by atoms with Gasteiger partial charge in [-0.1, -0.05) is 186 Å². The average molecular weight is 581 g/mol. The van der Waals surface area contributed by atoms with Crippen molar-refractivity contribution in [2.24, 2.45) is 0 Å². The lowest BCUT2D eigenvalue weighted by Gasteiger charge is -2.52. The summed E-state index contributed by atoms with van der Waals surface area (Å²) >= 11 is 0. The van der Waals surface area contributed by atoms with Crippen molar-refractivity contribution in [2.75, 3.05) is 4.90 Å². The molecule has 46 heavy (non-hydrogen) atoms. The van der Waals surface area contributed by atoms with Gasteiger partial charge >= 0.3 is 0 Å². The summed E-state index contributed by atoms with van der Waals surface area (Å²) in [5.74, 6) is 0. The van der Waals surface area contributed by atoms with E-state index in [0.717, 1.165) is 0 Å². The van der Waals surface area contributed by atoms with Crippen LogP contribution >= 0.6 is 0 Å². The van der Waals surface area contributed by atoms with Crippen LogP contribution < -0.4 is 37.7 Å². The van der Waals surface area contributed by atoms with Gasteiger partial charge in [-0.15, -0.1) is 0 Å². The zero-order chi connectivity index (χ0) is 30.2. The number of fused-ring (bicyclic) bond motifs is 10. The van der Waals surface area contributed by atoms with Gasteiger partial charge in [0.25, 0.3) is 0 Å². The fourth-order valence-corrected chi connectivity index (χ4v) is 9.03. The highest BCUT2D eigenvalue weighted by molar-refractivity contribution is 6.98. The molecule has 3 aliphatic heterocycles. The number of nitrogens with zero attached hydrogens (tertiary/aromatic N) is 1. The van der Waals surface area contributed by atoms with Crippen LogP contribution in [0.4, 0.5) is 17.1 Å². The highest BCUT2D eigenvalue weighted by Crippen LogP contribution is 2.57. The van der Waals surface area contributed by atoms with Gasteiger partial charge in [-0.25, -0.2) is 0 Å². The Kier molecular flexibility index (Phi) is 5.45. The van der Waals surface area contributed by atoms with Gasteiger partial charge in [0.15, 0.2) is 0 Å². The van der Waals surface area contributed by atoms with Crippen LogP contribution in [0, 0.1) is 0 Å². The summed E-state index contributed by atoms with van der Waals surface area (Å²) in [6.07, 6.45) is 0. The van der Waals surface area contributed by atoms with Crippen LogP contribution in [0.3, 0.4) is 0 Å². The third-order valence-corrected chi connectivity index (χ3v) is 10.7. The van der Waals surface area contributed by atoms with Crippen molar-refractivity contribution in [1.29, 1.82) is 0 Å². The fraction of sp³-hybridized carbons (Fsp3) is 0.0233. The minimum absolute atomic E-state index is 0.136. The molecule has 0 aliphatic carbocycles. The molecule has 0 bridgehead atoms. The summed E-state index contributed by atoms with van der Waals surface area (Å²) in [6.45, 7) is 0.291. The molecule has 1 nitrogen and oxygen atoms in total. The molecular formula is C43H29B2N. The summed E-state index contributed by atoms with van der Waals surface area (Å²) in [5.41, 5.74) is 16.9. The minimum atomic E-state index is -0.482. The van der Waals surface area contributed by atoms with Gasteiger partial charge in [0.05, 0.1) is 11.1 Å². The van der Waals surface area contributed by atoms with E-state index in [0.29, 0.717) is 0 Å². The smallest absolute Gasteiger partial charge is 0.246 e. The standard InChI is InChI=1S/C43H29B2N/c1-3-16-30(17-4-1)44-36-24-10-7-20-32(36)43(33-21-8-11-25-37(33)44)34-22-9-13-28-40(34)46-41-29-14-12-26-38(41)45(31-18-5-2-6-19-31)39-27-15-23-35(43)42(39)46/h1-29H. The van der Waals surface area contributed by atoms with Crippen molar-refractivity contribution < 1.29 is 0 Å². The Balaban J connectivity index is 1.37. The molecule has 10 rings (SSSR count). The Hall–Kier alpha value is -5.53. The topological polar surface area (TPSA) is 3.24 Å². The predicted molar refractivity (Wildman–Crippen MR) is 195 cm³/mol. The van der Waals surface area contributed by atoms with Crippen LogP contribution in [0.15, 0.2) is 176 Å². The Morgan fingerprint density at radius 1 is 0.326 bits per heavy atom. The Morgan fingerprint density at radius 2 is 0.761 bits per heavy atom. The predicted octanol–water partition coefficient (Wildman–Crippen LogP) is 5.51. The number of rotatable bonds is 2. The maximum absolute atomic E-state index is 2.56. The molecule has 0 N–H and O–H groups in total. The summed E-state index contributed by atoms with van der Waals surface area (Å²) in [5, 5.41) is 0. The monoisotopic (exact) mass is 581 g/mol. The second-order valence-electron chi connectivity index (χ2n) is 12.8. The molecule has 0 fully saturated rings. The van der Waals surface area contributed by atoms with E-state index in [9.17, 15) is 0 Å². The van der Waals surface area contributed by atoms with E-state index in [2.05, 4.69) is 181 Å². The molecular weight excluding hydrogens is 552 g/mol. The van der Waals surface area contributed by atoms with Gasteiger partial charge in [-0.2, -0.15) is 0 Å². The van der Waals surface area contributed by atoms with Crippen LogP contribution in [0.1, 0.15) is 22.3 Å². The second-order valence-corrected chi connectivity index (χ2v) is 12.8. The van der Waals surface area contributed by atoms with Crippen molar-refractivity contribution in [3.8, 4) is 0 Å². The molecule has 0 saturated carbocycles. The molecule has 7 aromatic rings. The molecule has 3 heteroatoms. The van der Waals surface area contributed by atoms with E-state index in [4.69, 9.17) is 0 Å². The van der Waals surface area contributed by atoms with Gasteiger partial charge in [0.2, 0.25) is 13.4 Å². The van der Waals surface area contributed by atoms with E-state index in [-0.39, 0.29) is 13.4 Å².